The van der Waals surface area contributed by atoms with Crippen molar-refractivity contribution in [2.24, 2.45) is 0 Å². The monoisotopic (exact) mass is 1010 g/mol. The Morgan fingerprint density at radius 3 is 1.21 bits per heavy atom. The Bertz CT molecular complexity index is 1300. The van der Waals surface area contributed by atoms with Gasteiger partial charge in [0.15, 0.2) is 0 Å². The molecule has 0 aromatic heterocycles. The van der Waals surface area contributed by atoms with Gasteiger partial charge in [0.25, 0.3) is 0 Å². The number of aliphatic hydroxyl groups is 5. The van der Waals surface area contributed by atoms with Crippen LogP contribution in [0.3, 0.4) is 0 Å². The van der Waals surface area contributed by atoms with Gasteiger partial charge in [-0.15, -0.1) is 0 Å². The molecular formula is C57H107O12P. The van der Waals surface area contributed by atoms with Crippen LogP contribution < -0.4 is 0 Å². The molecule has 0 bridgehead atoms. The number of aliphatic hydroxyl groups excluding tert-OH is 5. The van der Waals surface area contributed by atoms with Crippen LogP contribution in [0.2, 0.25) is 0 Å². The van der Waals surface area contributed by atoms with Gasteiger partial charge in [-0.05, 0) is 51.4 Å². The van der Waals surface area contributed by atoms with E-state index in [1.165, 1.54) is 161 Å². The zero-order chi connectivity index (χ0) is 51.2. The summed E-state index contributed by atoms with van der Waals surface area (Å²) >= 11 is 0. The highest BCUT2D eigenvalue weighted by atomic mass is 31.2. The van der Waals surface area contributed by atoms with Crippen molar-refractivity contribution >= 4 is 13.8 Å². The predicted molar refractivity (Wildman–Crippen MR) is 286 cm³/mol. The first-order valence-electron chi connectivity index (χ1n) is 28.8. The lowest BCUT2D eigenvalue weighted by molar-refractivity contribution is -0.220. The highest BCUT2D eigenvalue weighted by molar-refractivity contribution is 7.47. The zero-order valence-corrected chi connectivity index (χ0v) is 45.5. The quantitative estimate of drug-likeness (QED) is 0.0146. The summed E-state index contributed by atoms with van der Waals surface area (Å²) in [6.07, 6.45) is 46.4. The fourth-order valence-corrected chi connectivity index (χ4v) is 9.93. The standard InChI is InChI=1S/C57H107O12P/c1-3-5-7-9-11-13-15-17-19-21-23-25-27-29-31-33-35-37-39-41-43-45-47-66-48-50(49-67-70(64,65)69-57-55(62)53(60)52(59)54(61)56(57)63)68-51(58)46-44-42-40-38-36-34-32-30-28-26-24-22-20-18-16-14-12-10-8-6-4-2/h16,18,22,24,28,30,50,52-57,59-63H,3-15,17,19-21,23,25-27,29,31-49H2,1-2H3,(H,64,65)/b18-16-,24-22-,30-28-. The maximum Gasteiger partial charge on any atom is 0.472 e. The van der Waals surface area contributed by atoms with Crippen LogP contribution in [0.5, 0.6) is 0 Å². The molecule has 0 aliphatic heterocycles. The lowest BCUT2D eigenvalue weighted by Gasteiger charge is -2.41. The summed E-state index contributed by atoms with van der Waals surface area (Å²) in [6.45, 7) is 4.29. The number of phosphoric ester groups is 1. The molecule has 0 spiro atoms. The first kappa shape index (κ1) is 66.6. The maximum atomic E-state index is 12.9. The van der Waals surface area contributed by atoms with Gasteiger partial charge in [-0.25, -0.2) is 4.57 Å². The summed E-state index contributed by atoms with van der Waals surface area (Å²) < 4.78 is 34.4. The lowest BCUT2D eigenvalue weighted by Crippen LogP contribution is -2.64. The number of carbonyl (C=O) groups is 1. The smallest absolute Gasteiger partial charge is 0.457 e. The van der Waals surface area contributed by atoms with Crippen LogP contribution in [0, 0.1) is 0 Å². The summed E-state index contributed by atoms with van der Waals surface area (Å²) in [5, 5.41) is 50.4. The number of hydrogen-bond acceptors (Lipinski definition) is 11. The van der Waals surface area contributed by atoms with Crippen LogP contribution in [0.4, 0.5) is 0 Å². The van der Waals surface area contributed by atoms with Crippen LogP contribution in [0.1, 0.15) is 258 Å². The number of phosphoric acid groups is 1. The van der Waals surface area contributed by atoms with Crippen LogP contribution in [-0.2, 0) is 27.9 Å². The van der Waals surface area contributed by atoms with Crippen LogP contribution in [0.25, 0.3) is 0 Å². The molecule has 0 aromatic rings. The van der Waals surface area contributed by atoms with Crippen molar-refractivity contribution in [1.82, 2.24) is 0 Å². The largest absolute Gasteiger partial charge is 0.472 e. The third-order valence-corrected chi connectivity index (χ3v) is 14.5. The molecule has 1 saturated carbocycles. The minimum Gasteiger partial charge on any atom is -0.457 e. The van der Waals surface area contributed by atoms with E-state index in [0.29, 0.717) is 13.0 Å². The van der Waals surface area contributed by atoms with Crippen molar-refractivity contribution in [3.05, 3.63) is 36.5 Å². The second-order valence-corrected chi connectivity index (χ2v) is 21.6. The van der Waals surface area contributed by atoms with E-state index in [1.54, 1.807) is 0 Å². The van der Waals surface area contributed by atoms with Crippen molar-refractivity contribution in [3.63, 3.8) is 0 Å². The van der Waals surface area contributed by atoms with Crippen molar-refractivity contribution in [2.75, 3.05) is 19.8 Å². The summed E-state index contributed by atoms with van der Waals surface area (Å²) in [7, 11) is -5.03. The Balaban J connectivity index is 2.29. The minimum absolute atomic E-state index is 0.0787. The summed E-state index contributed by atoms with van der Waals surface area (Å²) in [5.74, 6) is -0.485. The molecule has 0 heterocycles. The number of unbranched alkanes of at least 4 members (excludes halogenated alkanes) is 32. The molecule has 412 valence electrons. The van der Waals surface area contributed by atoms with Gasteiger partial charge in [-0.3, -0.25) is 13.8 Å². The third-order valence-electron chi connectivity index (χ3n) is 13.5. The molecular weight excluding hydrogens is 908 g/mol. The highest BCUT2D eigenvalue weighted by Gasteiger charge is 2.51. The molecule has 70 heavy (non-hydrogen) atoms. The number of allylic oxidation sites excluding steroid dienone is 6. The normalized spacial score (nSPS) is 21.1. The molecule has 12 nitrogen and oxygen atoms in total. The molecule has 6 unspecified atom stereocenters. The van der Waals surface area contributed by atoms with E-state index in [-0.39, 0.29) is 13.0 Å². The van der Waals surface area contributed by atoms with Gasteiger partial charge in [-0.1, -0.05) is 237 Å². The SMILES string of the molecule is CCCCCCC/C=C\C/C=C\C/C=C\CCCCCCCCC(=O)OC(COCCCCCCCCCCCCCCCCCCCCCCCC)COP(=O)(O)OC1C(O)C(O)C(O)C(O)C1O. The molecule has 0 radical (unpaired) electrons. The average Bonchev–Trinajstić information content (AvgIpc) is 3.35. The van der Waals surface area contributed by atoms with Gasteiger partial charge in [0.05, 0.1) is 13.2 Å². The number of esters is 1. The number of carbonyl (C=O) groups excluding carboxylic acids is 1. The third kappa shape index (κ3) is 38.2. The maximum absolute atomic E-state index is 12.9. The summed E-state index contributed by atoms with van der Waals surface area (Å²) in [4.78, 5) is 23.3. The molecule has 1 aliphatic rings. The second kappa shape index (κ2) is 47.3. The van der Waals surface area contributed by atoms with E-state index in [4.69, 9.17) is 18.5 Å². The van der Waals surface area contributed by atoms with Gasteiger partial charge < -0.3 is 39.9 Å². The Hall–Kier alpha value is -1.44. The fraction of sp³-hybridized carbons (Fsp3) is 0.877. The molecule has 6 N–H and O–H groups in total. The van der Waals surface area contributed by atoms with Gasteiger partial charge in [0.2, 0.25) is 0 Å². The van der Waals surface area contributed by atoms with Gasteiger partial charge in [-0.2, -0.15) is 0 Å². The van der Waals surface area contributed by atoms with E-state index in [9.17, 15) is 39.8 Å². The van der Waals surface area contributed by atoms with E-state index >= 15 is 0 Å². The van der Waals surface area contributed by atoms with Crippen LogP contribution >= 0.6 is 7.82 Å². The molecule has 0 saturated heterocycles. The Morgan fingerprint density at radius 1 is 0.457 bits per heavy atom. The molecule has 0 aromatic carbocycles. The van der Waals surface area contributed by atoms with Crippen molar-refractivity contribution in [2.45, 2.75) is 301 Å². The minimum atomic E-state index is -5.03. The fourth-order valence-electron chi connectivity index (χ4n) is 8.95. The van der Waals surface area contributed by atoms with E-state index < -0.39 is 63.1 Å². The first-order chi connectivity index (χ1) is 34.0. The highest BCUT2D eigenvalue weighted by Crippen LogP contribution is 2.47. The van der Waals surface area contributed by atoms with Gasteiger partial charge in [0, 0.05) is 13.0 Å². The Morgan fingerprint density at radius 2 is 0.800 bits per heavy atom. The van der Waals surface area contributed by atoms with Crippen molar-refractivity contribution in [3.8, 4) is 0 Å². The molecule has 1 fully saturated rings. The van der Waals surface area contributed by atoms with Gasteiger partial charge in [0.1, 0.15) is 42.7 Å². The topological polar surface area (TPSA) is 192 Å². The van der Waals surface area contributed by atoms with E-state index in [1.807, 2.05) is 0 Å². The molecule has 1 rings (SSSR count). The van der Waals surface area contributed by atoms with E-state index in [2.05, 4.69) is 50.3 Å². The predicted octanol–water partition coefficient (Wildman–Crippen LogP) is 13.8. The van der Waals surface area contributed by atoms with Crippen molar-refractivity contribution < 1.29 is 58.3 Å². The van der Waals surface area contributed by atoms with Gasteiger partial charge >= 0.3 is 13.8 Å². The molecule has 0 amide bonds. The van der Waals surface area contributed by atoms with Crippen LogP contribution in [-0.4, -0.2) is 98.9 Å². The average molecular weight is 1020 g/mol. The van der Waals surface area contributed by atoms with Crippen LogP contribution in [0.15, 0.2) is 36.5 Å². The number of ether oxygens (including phenoxy) is 2. The first-order valence-corrected chi connectivity index (χ1v) is 30.3. The summed E-state index contributed by atoms with van der Waals surface area (Å²) in [6, 6.07) is 0. The summed E-state index contributed by atoms with van der Waals surface area (Å²) in [5.41, 5.74) is 0. The Kier molecular flexibility index (Phi) is 45.0. The molecule has 1 aliphatic carbocycles. The molecule has 6 atom stereocenters. The second-order valence-electron chi connectivity index (χ2n) is 20.1. The zero-order valence-electron chi connectivity index (χ0n) is 44.6. The lowest BCUT2D eigenvalue weighted by atomic mass is 9.85. The number of hydrogen-bond donors (Lipinski definition) is 6. The Labute approximate surface area is 427 Å². The number of rotatable bonds is 50. The van der Waals surface area contributed by atoms with E-state index in [0.717, 1.165) is 70.6 Å². The van der Waals surface area contributed by atoms with Crippen molar-refractivity contribution in [1.29, 1.82) is 0 Å². The molecule has 13 heteroatoms.